The maximum absolute atomic E-state index is 10.7. The molecule has 1 N–H and O–H groups in total. The number of hydrogen-bond donors (Lipinski definition) is 1. The summed E-state index contributed by atoms with van der Waals surface area (Å²) in [6.07, 6.45) is 2.56. The van der Waals surface area contributed by atoms with E-state index in [0.29, 0.717) is 16.9 Å². The van der Waals surface area contributed by atoms with Gasteiger partial charge in [-0.2, -0.15) is 0 Å². The number of ether oxygens (including phenoxy) is 1. The number of fused-ring (bicyclic) bond motifs is 1. The molecule has 3 rings (SSSR count). The van der Waals surface area contributed by atoms with Gasteiger partial charge >= 0.3 is 0 Å². The number of aromatic nitrogens is 2. The monoisotopic (exact) mass is 260 g/mol. The molecule has 1 aromatic heterocycles. The molecule has 0 saturated carbocycles. The van der Waals surface area contributed by atoms with Crippen molar-refractivity contribution in [3.8, 4) is 5.88 Å². The fourth-order valence-electron chi connectivity index (χ4n) is 2.05. The summed E-state index contributed by atoms with van der Waals surface area (Å²) < 4.78 is 5.69. The third-order valence-corrected chi connectivity index (χ3v) is 3.02. The van der Waals surface area contributed by atoms with Gasteiger partial charge in [0.15, 0.2) is 0 Å². The van der Waals surface area contributed by atoms with Gasteiger partial charge in [-0.1, -0.05) is 0 Å². The number of hydrogen-bond acceptors (Lipinski definition) is 6. The second-order valence-corrected chi connectivity index (χ2v) is 4.37. The van der Waals surface area contributed by atoms with Gasteiger partial charge in [-0.05, 0) is 19.0 Å². The van der Waals surface area contributed by atoms with Crippen LogP contribution in [-0.4, -0.2) is 34.1 Å². The third-order valence-electron chi connectivity index (χ3n) is 3.02. The summed E-state index contributed by atoms with van der Waals surface area (Å²) in [6.45, 7) is 1.75. The summed E-state index contributed by atoms with van der Waals surface area (Å²) in [4.78, 5) is 18.7. The van der Waals surface area contributed by atoms with E-state index in [-0.39, 0.29) is 11.8 Å². The van der Waals surface area contributed by atoms with E-state index in [2.05, 4.69) is 15.3 Å². The first-order chi connectivity index (χ1) is 9.22. The third kappa shape index (κ3) is 2.45. The molecule has 98 valence electrons. The lowest BCUT2D eigenvalue weighted by Crippen LogP contribution is -2.20. The van der Waals surface area contributed by atoms with Gasteiger partial charge < -0.3 is 10.1 Å². The van der Waals surface area contributed by atoms with Crippen LogP contribution >= 0.6 is 0 Å². The van der Waals surface area contributed by atoms with Crippen LogP contribution in [-0.2, 0) is 0 Å². The molecule has 19 heavy (non-hydrogen) atoms. The van der Waals surface area contributed by atoms with Crippen molar-refractivity contribution in [3.05, 3.63) is 34.5 Å². The maximum Gasteiger partial charge on any atom is 0.271 e. The zero-order valence-electron chi connectivity index (χ0n) is 10.1. The molecule has 1 atom stereocenters. The van der Waals surface area contributed by atoms with E-state index in [0.717, 1.165) is 19.5 Å². The summed E-state index contributed by atoms with van der Waals surface area (Å²) in [5, 5.41) is 13.9. The predicted molar refractivity (Wildman–Crippen MR) is 68.1 cm³/mol. The zero-order chi connectivity index (χ0) is 13.2. The van der Waals surface area contributed by atoms with E-state index in [9.17, 15) is 10.1 Å². The van der Waals surface area contributed by atoms with Crippen LogP contribution in [0.5, 0.6) is 5.88 Å². The second-order valence-electron chi connectivity index (χ2n) is 4.37. The fraction of sp³-hybridized carbons (Fsp3) is 0.333. The molecule has 7 heteroatoms. The number of benzene rings is 1. The highest BCUT2D eigenvalue weighted by molar-refractivity contribution is 5.77. The van der Waals surface area contributed by atoms with Crippen LogP contribution < -0.4 is 10.1 Å². The SMILES string of the molecule is O=[N+]([O-])c1ccc2nc(O[C@H]3CCNC3)cnc2c1. The second kappa shape index (κ2) is 4.77. The molecule has 2 aromatic rings. The van der Waals surface area contributed by atoms with E-state index >= 15 is 0 Å². The van der Waals surface area contributed by atoms with Crippen LogP contribution in [0.2, 0.25) is 0 Å². The molecule has 2 heterocycles. The molecule has 0 spiro atoms. The molecule has 1 fully saturated rings. The first-order valence-electron chi connectivity index (χ1n) is 6.01. The van der Waals surface area contributed by atoms with Crippen molar-refractivity contribution in [1.82, 2.24) is 15.3 Å². The van der Waals surface area contributed by atoms with Crippen LogP contribution in [0.3, 0.4) is 0 Å². The summed E-state index contributed by atoms with van der Waals surface area (Å²) in [5.41, 5.74) is 1.09. The Hall–Kier alpha value is -2.28. The standard InChI is InChI=1S/C12H12N4O3/c17-16(18)8-1-2-10-11(5-8)14-7-12(15-10)19-9-3-4-13-6-9/h1-2,5,7,9,13H,3-4,6H2/t9-/m0/s1. The Balaban J connectivity index is 1.88. The minimum Gasteiger partial charge on any atom is -0.472 e. The Bertz CT molecular complexity index is 625. The van der Waals surface area contributed by atoms with Gasteiger partial charge in [-0.25, -0.2) is 9.97 Å². The Morgan fingerprint density at radius 1 is 1.42 bits per heavy atom. The summed E-state index contributed by atoms with van der Waals surface area (Å²) in [7, 11) is 0. The minimum absolute atomic E-state index is 0.00969. The average molecular weight is 260 g/mol. The lowest BCUT2D eigenvalue weighted by molar-refractivity contribution is -0.384. The lowest BCUT2D eigenvalue weighted by Gasteiger charge is -2.11. The maximum atomic E-state index is 10.7. The molecule has 0 radical (unpaired) electrons. The van der Waals surface area contributed by atoms with Crippen molar-refractivity contribution in [1.29, 1.82) is 0 Å². The molecule has 0 amide bonds. The molecule has 0 bridgehead atoms. The van der Waals surface area contributed by atoms with Crippen molar-refractivity contribution >= 4 is 16.7 Å². The van der Waals surface area contributed by atoms with Crippen LogP contribution in [0, 0.1) is 10.1 Å². The highest BCUT2D eigenvalue weighted by Gasteiger charge is 2.17. The van der Waals surface area contributed by atoms with E-state index < -0.39 is 4.92 Å². The average Bonchev–Trinajstić information content (AvgIpc) is 2.91. The molecule has 0 unspecified atom stereocenters. The van der Waals surface area contributed by atoms with Gasteiger partial charge in [-0.3, -0.25) is 10.1 Å². The van der Waals surface area contributed by atoms with Gasteiger partial charge in [0, 0.05) is 18.7 Å². The number of nitrogens with one attached hydrogen (secondary N) is 1. The predicted octanol–water partition coefficient (Wildman–Crippen LogP) is 1.28. The highest BCUT2D eigenvalue weighted by Crippen LogP contribution is 2.20. The molecule has 0 aliphatic carbocycles. The topological polar surface area (TPSA) is 90.2 Å². The molecule has 7 nitrogen and oxygen atoms in total. The fourth-order valence-corrected chi connectivity index (χ4v) is 2.05. The number of rotatable bonds is 3. The van der Waals surface area contributed by atoms with E-state index in [1.54, 1.807) is 6.07 Å². The van der Waals surface area contributed by atoms with Crippen molar-refractivity contribution in [2.75, 3.05) is 13.1 Å². The minimum atomic E-state index is -0.449. The zero-order valence-corrected chi connectivity index (χ0v) is 10.1. The first-order valence-corrected chi connectivity index (χ1v) is 6.01. The number of non-ortho nitro benzene ring substituents is 1. The Labute approximate surface area is 108 Å². The van der Waals surface area contributed by atoms with E-state index in [1.165, 1.54) is 18.3 Å². The quantitative estimate of drug-likeness (QED) is 0.660. The highest BCUT2D eigenvalue weighted by atomic mass is 16.6. The van der Waals surface area contributed by atoms with Crippen LogP contribution in [0.15, 0.2) is 24.4 Å². The van der Waals surface area contributed by atoms with Crippen molar-refractivity contribution in [2.45, 2.75) is 12.5 Å². The van der Waals surface area contributed by atoms with E-state index in [1.807, 2.05) is 0 Å². The molecular formula is C12H12N4O3. The van der Waals surface area contributed by atoms with E-state index in [4.69, 9.17) is 4.74 Å². The van der Waals surface area contributed by atoms with Gasteiger partial charge in [0.05, 0.1) is 22.2 Å². The van der Waals surface area contributed by atoms with Crippen molar-refractivity contribution in [2.24, 2.45) is 0 Å². The van der Waals surface area contributed by atoms with Gasteiger partial charge in [0.1, 0.15) is 6.10 Å². The summed E-state index contributed by atoms with van der Waals surface area (Å²) in [6, 6.07) is 4.40. The molecular weight excluding hydrogens is 248 g/mol. The van der Waals surface area contributed by atoms with Crippen LogP contribution in [0.25, 0.3) is 11.0 Å². The molecule has 1 saturated heterocycles. The van der Waals surface area contributed by atoms with Gasteiger partial charge in [-0.15, -0.1) is 0 Å². The van der Waals surface area contributed by atoms with Crippen LogP contribution in [0.4, 0.5) is 5.69 Å². The first kappa shape index (κ1) is 11.8. The molecule has 1 aliphatic heterocycles. The smallest absolute Gasteiger partial charge is 0.271 e. The van der Waals surface area contributed by atoms with Gasteiger partial charge in [0.25, 0.3) is 5.69 Å². The molecule has 1 aliphatic rings. The van der Waals surface area contributed by atoms with Crippen LogP contribution in [0.1, 0.15) is 6.42 Å². The number of nitro groups is 1. The normalized spacial score (nSPS) is 18.6. The lowest BCUT2D eigenvalue weighted by atomic mass is 10.2. The van der Waals surface area contributed by atoms with Crippen molar-refractivity contribution < 1.29 is 9.66 Å². The Morgan fingerprint density at radius 2 is 2.32 bits per heavy atom. The van der Waals surface area contributed by atoms with Gasteiger partial charge in [0.2, 0.25) is 5.88 Å². The molecule has 1 aromatic carbocycles. The largest absolute Gasteiger partial charge is 0.472 e. The number of nitrogens with zero attached hydrogens (tertiary/aromatic N) is 3. The summed E-state index contributed by atoms with van der Waals surface area (Å²) in [5.74, 6) is 0.454. The summed E-state index contributed by atoms with van der Waals surface area (Å²) >= 11 is 0. The van der Waals surface area contributed by atoms with Crippen molar-refractivity contribution in [3.63, 3.8) is 0 Å². The Kier molecular flexibility index (Phi) is 2.96. The number of nitro benzene ring substituents is 1. The Morgan fingerprint density at radius 3 is 3.05 bits per heavy atom.